The third-order valence-corrected chi connectivity index (χ3v) is 3.17. The standard InChI is InChI=1S/C17H15F3N2O2/c18-17(19,20)16(24)22-14-8-6-13(7-9-14)11-21-15(23)10-12-4-2-1-3-5-12/h1-9H,10-11H2,(H,21,23)(H,22,24). The molecule has 7 heteroatoms. The highest BCUT2D eigenvalue weighted by atomic mass is 19.4. The lowest BCUT2D eigenvalue weighted by molar-refractivity contribution is -0.167. The third kappa shape index (κ3) is 5.42. The van der Waals surface area contributed by atoms with Gasteiger partial charge in [-0.15, -0.1) is 0 Å². The van der Waals surface area contributed by atoms with Crippen molar-refractivity contribution in [2.75, 3.05) is 5.32 Å². The number of rotatable bonds is 5. The van der Waals surface area contributed by atoms with Crippen molar-refractivity contribution in [2.45, 2.75) is 19.1 Å². The summed E-state index contributed by atoms with van der Waals surface area (Å²) in [7, 11) is 0. The van der Waals surface area contributed by atoms with Crippen LogP contribution in [0, 0.1) is 0 Å². The first-order chi connectivity index (χ1) is 11.3. The van der Waals surface area contributed by atoms with E-state index in [1.54, 1.807) is 5.32 Å². The Morgan fingerprint density at radius 2 is 1.50 bits per heavy atom. The van der Waals surface area contributed by atoms with Gasteiger partial charge in [0.15, 0.2) is 0 Å². The molecule has 126 valence electrons. The Morgan fingerprint density at radius 3 is 2.08 bits per heavy atom. The fourth-order valence-electron chi connectivity index (χ4n) is 1.95. The third-order valence-electron chi connectivity index (χ3n) is 3.17. The van der Waals surface area contributed by atoms with Crippen molar-refractivity contribution in [3.8, 4) is 0 Å². The first-order valence-corrected chi connectivity index (χ1v) is 7.12. The molecule has 0 radical (unpaired) electrons. The number of benzene rings is 2. The number of nitrogens with one attached hydrogen (secondary N) is 2. The van der Waals surface area contributed by atoms with Crippen molar-refractivity contribution in [3.05, 3.63) is 65.7 Å². The SMILES string of the molecule is O=C(Cc1ccccc1)NCc1ccc(NC(=O)C(F)(F)F)cc1. The molecule has 2 aromatic carbocycles. The summed E-state index contributed by atoms with van der Waals surface area (Å²) in [5.74, 6) is -2.18. The molecule has 4 nitrogen and oxygen atoms in total. The van der Waals surface area contributed by atoms with Crippen LogP contribution in [0.5, 0.6) is 0 Å². The summed E-state index contributed by atoms with van der Waals surface area (Å²) >= 11 is 0. The molecule has 0 bridgehead atoms. The largest absolute Gasteiger partial charge is 0.471 e. The van der Waals surface area contributed by atoms with Gasteiger partial charge in [0.05, 0.1) is 6.42 Å². The highest BCUT2D eigenvalue weighted by Crippen LogP contribution is 2.18. The van der Waals surface area contributed by atoms with E-state index in [0.717, 1.165) is 5.56 Å². The maximum absolute atomic E-state index is 12.1. The highest BCUT2D eigenvalue weighted by molar-refractivity contribution is 5.94. The quantitative estimate of drug-likeness (QED) is 0.882. The van der Waals surface area contributed by atoms with Crippen LogP contribution in [0.3, 0.4) is 0 Å². The topological polar surface area (TPSA) is 58.2 Å². The molecule has 2 amide bonds. The highest BCUT2D eigenvalue weighted by Gasteiger charge is 2.38. The molecule has 0 spiro atoms. The van der Waals surface area contributed by atoms with Gasteiger partial charge < -0.3 is 10.6 Å². The van der Waals surface area contributed by atoms with E-state index in [-0.39, 0.29) is 24.6 Å². The van der Waals surface area contributed by atoms with Crippen molar-refractivity contribution < 1.29 is 22.8 Å². The Kier molecular flexibility index (Phi) is 5.57. The summed E-state index contributed by atoms with van der Waals surface area (Å²) in [5.41, 5.74) is 1.64. The lowest BCUT2D eigenvalue weighted by Crippen LogP contribution is -2.29. The van der Waals surface area contributed by atoms with Crippen molar-refractivity contribution >= 4 is 17.5 Å². The molecular formula is C17H15F3N2O2. The lowest BCUT2D eigenvalue weighted by Gasteiger charge is -2.09. The molecule has 2 aromatic rings. The van der Waals surface area contributed by atoms with Gasteiger partial charge in [0.1, 0.15) is 0 Å². The van der Waals surface area contributed by atoms with Gasteiger partial charge >= 0.3 is 12.1 Å². The Hall–Kier alpha value is -2.83. The molecule has 0 aliphatic rings. The molecule has 0 aliphatic heterocycles. The predicted octanol–water partition coefficient (Wildman–Crippen LogP) is 3.05. The minimum absolute atomic E-state index is 0.0386. The van der Waals surface area contributed by atoms with Crippen LogP contribution in [0.4, 0.5) is 18.9 Å². The van der Waals surface area contributed by atoms with Crippen molar-refractivity contribution in [2.24, 2.45) is 0 Å². The molecule has 0 unspecified atom stereocenters. The van der Waals surface area contributed by atoms with Gasteiger partial charge in [-0.05, 0) is 23.3 Å². The molecule has 0 aliphatic carbocycles. The Balaban J connectivity index is 1.83. The minimum Gasteiger partial charge on any atom is -0.352 e. The normalized spacial score (nSPS) is 11.0. The van der Waals surface area contributed by atoms with E-state index in [1.165, 1.54) is 24.3 Å². The monoisotopic (exact) mass is 336 g/mol. The van der Waals surface area contributed by atoms with Gasteiger partial charge in [-0.3, -0.25) is 9.59 Å². The molecule has 0 atom stereocenters. The van der Waals surface area contributed by atoms with Crippen LogP contribution < -0.4 is 10.6 Å². The first-order valence-electron chi connectivity index (χ1n) is 7.12. The van der Waals surface area contributed by atoms with Gasteiger partial charge in [0.25, 0.3) is 0 Å². The maximum atomic E-state index is 12.1. The van der Waals surface area contributed by atoms with Crippen LogP contribution in [0.1, 0.15) is 11.1 Å². The summed E-state index contributed by atoms with van der Waals surface area (Å²) < 4.78 is 36.4. The summed E-state index contributed by atoms with van der Waals surface area (Å²) in [6, 6.07) is 15.0. The second-order valence-electron chi connectivity index (χ2n) is 5.09. The van der Waals surface area contributed by atoms with E-state index in [1.807, 2.05) is 30.3 Å². The number of carbonyl (C=O) groups excluding carboxylic acids is 2. The average Bonchev–Trinajstić information content (AvgIpc) is 2.54. The van der Waals surface area contributed by atoms with Crippen LogP contribution in [-0.4, -0.2) is 18.0 Å². The minimum atomic E-state index is -4.93. The van der Waals surface area contributed by atoms with Crippen LogP contribution >= 0.6 is 0 Å². The van der Waals surface area contributed by atoms with Gasteiger partial charge in [-0.25, -0.2) is 0 Å². The molecule has 0 fully saturated rings. The van der Waals surface area contributed by atoms with E-state index < -0.39 is 12.1 Å². The van der Waals surface area contributed by atoms with E-state index in [2.05, 4.69) is 5.32 Å². The molecule has 24 heavy (non-hydrogen) atoms. The molecule has 0 saturated carbocycles. The fraction of sp³-hybridized carbons (Fsp3) is 0.176. The summed E-state index contributed by atoms with van der Waals surface area (Å²) in [6.45, 7) is 0.249. The molecule has 2 rings (SSSR count). The first kappa shape index (κ1) is 17.5. The number of alkyl halides is 3. The number of halogens is 3. The second kappa shape index (κ2) is 7.63. The molecule has 2 N–H and O–H groups in total. The van der Waals surface area contributed by atoms with Crippen molar-refractivity contribution in [1.29, 1.82) is 0 Å². The van der Waals surface area contributed by atoms with E-state index in [4.69, 9.17) is 0 Å². The second-order valence-corrected chi connectivity index (χ2v) is 5.09. The van der Waals surface area contributed by atoms with Gasteiger partial charge in [-0.1, -0.05) is 42.5 Å². The van der Waals surface area contributed by atoms with Crippen LogP contribution in [0.15, 0.2) is 54.6 Å². The summed E-state index contributed by atoms with van der Waals surface area (Å²) in [6.07, 6.45) is -4.68. The van der Waals surface area contributed by atoms with Crippen molar-refractivity contribution in [3.63, 3.8) is 0 Å². The fourth-order valence-corrected chi connectivity index (χ4v) is 1.95. The van der Waals surface area contributed by atoms with E-state index >= 15 is 0 Å². The van der Waals surface area contributed by atoms with Crippen LogP contribution in [0.2, 0.25) is 0 Å². The summed E-state index contributed by atoms with van der Waals surface area (Å²) in [4.78, 5) is 22.6. The number of hydrogen-bond acceptors (Lipinski definition) is 2. The molecule has 0 saturated heterocycles. The smallest absolute Gasteiger partial charge is 0.352 e. The summed E-state index contributed by atoms with van der Waals surface area (Å²) in [5, 5.41) is 4.48. The number of anilines is 1. The predicted molar refractivity (Wildman–Crippen MR) is 83.1 cm³/mol. The maximum Gasteiger partial charge on any atom is 0.471 e. The Morgan fingerprint density at radius 1 is 0.875 bits per heavy atom. The van der Waals surface area contributed by atoms with Gasteiger partial charge in [0.2, 0.25) is 5.91 Å². The molecule has 0 heterocycles. The zero-order valence-corrected chi connectivity index (χ0v) is 12.6. The van der Waals surface area contributed by atoms with Crippen molar-refractivity contribution in [1.82, 2.24) is 5.32 Å². The molecule has 0 aromatic heterocycles. The van der Waals surface area contributed by atoms with E-state index in [9.17, 15) is 22.8 Å². The van der Waals surface area contributed by atoms with E-state index in [0.29, 0.717) is 5.56 Å². The Bertz CT molecular complexity index is 698. The van der Waals surface area contributed by atoms with Gasteiger partial charge in [0, 0.05) is 12.2 Å². The molecular weight excluding hydrogens is 321 g/mol. The van der Waals surface area contributed by atoms with Crippen LogP contribution in [0.25, 0.3) is 0 Å². The zero-order chi connectivity index (χ0) is 17.6. The average molecular weight is 336 g/mol. The number of amides is 2. The number of hydrogen-bond donors (Lipinski definition) is 2. The number of carbonyl (C=O) groups is 2. The zero-order valence-electron chi connectivity index (χ0n) is 12.6. The van der Waals surface area contributed by atoms with Crippen LogP contribution in [-0.2, 0) is 22.6 Å². The lowest BCUT2D eigenvalue weighted by atomic mass is 10.1. The Labute approximate surface area is 136 Å². The van der Waals surface area contributed by atoms with Gasteiger partial charge in [-0.2, -0.15) is 13.2 Å².